The summed E-state index contributed by atoms with van der Waals surface area (Å²) < 4.78 is 17.2. The van der Waals surface area contributed by atoms with Gasteiger partial charge in [0.05, 0.1) is 16.6 Å². The predicted octanol–water partition coefficient (Wildman–Crippen LogP) is 14.7. The number of benzene rings is 8. The number of nitrogens with zero attached hydrogens (tertiary/aromatic N) is 2. The van der Waals surface area contributed by atoms with Gasteiger partial charge in [-0.25, -0.2) is 0 Å². The molecule has 0 N–H and O–H groups in total. The highest BCUT2D eigenvalue weighted by atomic mass is 16.3. The molecule has 8 aromatic carbocycles. The summed E-state index contributed by atoms with van der Waals surface area (Å²) in [7, 11) is 0. The van der Waals surface area contributed by atoms with Crippen LogP contribution in [0, 0.1) is 0 Å². The molecule has 0 fully saturated rings. The molecule has 0 bridgehead atoms. The van der Waals surface area contributed by atoms with Crippen molar-refractivity contribution in [3.63, 3.8) is 0 Å². The Morgan fingerprint density at radius 1 is 0.345 bits per heavy atom. The fraction of sp³-hybridized carbons (Fsp3) is 0.0370. The largest absolute Gasteiger partial charge is 0.456 e. The summed E-state index contributed by atoms with van der Waals surface area (Å²) in [6.07, 6.45) is 4.36. The first kappa shape index (κ1) is 31.6. The Balaban J connectivity index is 0.908. The van der Waals surface area contributed by atoms with Crippen LogP contribution in [0.1, 0.15) is 23.2 Å². The SMILES string of the molecule is C1=C(c2cccc(-c3ccc4c(c3)c3ccccc3n4-c3ccc4oc5ccccc5c4c3)c2)CCc2c1c1ccccc1n2-c1ccc2oc3ccccc3c2c1. The number of hydrogen-bond donors (Lipinski definition) is 0. The molecule has 0 radical (unpaired) electrons. The van der Waals surface area contributed by atoms with Crippen molar-refractivity contribution in [1.82, 2.24) is 9.13 Å². The molecule has 0 saturated heterocycles. The van der Waals surface area contributed by atoms with E-state index >= 15 is 0 Å². The minimum atomic E-state index is 0.907. The first-order valence-electron chi connectivity index (χ1n) is 20.0. The Morgan fingerprint density at radius 2 is 0.897 bits per heavy atom. The van der Waals surface area contributed by atoms with Gasteiger partial charge in [0.2, 0.25) is 0 Å². The summed E-state index contributed by atoms with van der Waals surface area (Å²) in [5.74, 6) is 0. The zero-order valence-electron chi connectivity index (χ0n) is 31.4. The third-order valence-corrected chi connectivity index (χ3v) is 12.4. The van der Waals surface area contributed by atoms with Crippen LogP contribution in [-0.4, -0.2) is 9.13 Å². The standard InChI is InChI=1S/C54H34N2O2/c1-5-16-47-39(12-1)43-29-35(20-24-49(43)55(47)37-22-26-53-45(31-37)41-14-3-7-18-51(41)57-53)33-10-9-11-34(28-33)36-21-25-50-44(30-36)40-13-2-6-17-48(40)56(50)38-23-27-54-46(32-38)42-15-4-8-19-52(42)58-54/h1-20,22-24,26-32H,21,25H2. The molecule has 4 nitrogen and oxygen atoms in total. The van der Waals surface area contributed by atoms with Crippen molar-refractivity contribution in [2.75, 3.05) is 0 Å². The van der Waals surface area contributed by atoms with E-state index in [1.165, 1.54) is 71.9 Å². The summed E-state index contributed by atoms with van der Waals surface area (Å²) in [5, 5.41) is 8.33. The lowest BCUT2D eigenvalue weighted by molar-refractivity contribution is 0.668. The highest BCUT2D eigenvalue weighted by molar-refractivity contribution is 6.12. The lowest BCUT2D eigenvalue weighted by atomic mass is 9.89. The Kier molecular flexibility index (Phi) is 6.53. The van der Waals surface area contributed by atoms with Gasteiger partial charge in [-0.15, -0.1) is 0 Å². The fourth-order valence-electron chi connectivity index (χ4n) is 9.78. The Bertz CT molecular complexity index is 3700. The van der Waals surface area contributed by atoms with E-state index in [9.17, 15) is 0 Å². The topological polar surface area (TPSA) is 36.1 Å². The van der Waals surface area contributed by atoms with Crippen LogP contribution >= 0.6 is 0 Å². The maximum absolute atomic E-state index is 6.19. The van der Waals surface area contributed by atoms with E-state index < -0.39 is 0 Å². The van der Waals surface area contributed by atoms with Crippen LogP contribution in [0.5, 0.6) is 0 Å². The van der Waals surface area contributed by atoms with Gasteiger partial charge in [0, 0.05) is 60.3 Å². The van der Waals surface area contributed by atoms with Gasteiger partial charge in [-0.05, 0) is 120 Å². The molecule has 1 aliphatic carbocycles. The molecule has 0 unspecified atom stereocenters. The molecule has 4 heterocycles. The molecule has 0 amide bonds. The number of allylic oxidation sites excluding steroid dienone is 1. The number of para-hydroxylation sites is 4. The molecule has 4 heteroatoms. The van der Waals surface area contributed by atoms with Crippen molar-refractivity contribution in [2.24, 2.45) is 0 Å². The van der Waals surface area contributed by atoms with Crippen LogP contribution in [0.2, 0.25) is 0 Å². The number of furan rings is 2. The van der Waals surface area contributed by atoms with E-state index in [1.807, 2.05) is 24.3 Å². The van der Waals surface area contributed by atoms with Gasteiger partial charge in [-0.1, -0.05) is 97.1 Å². The molecule has 0 saturated carbocycles. The first-order chi connectivity index (χ1) is 28.7. The van der Waals surface area contributed by atoms with Crippen LogP contribution in [0.3, 0.4) is 0 Å². The fourth-order valence-corrected chi connectivity index (χ4v) is 9.78. The smallest absolute Gasteiger partial charge is 0.135 e. The zero-order valence-corrected chi connectivity index (χ0v) is 31.4. The highest BCUT2D eigenvalue weighted by Crippen LogP contribution is 2.42. The van der Waals surface area contributed by atoms with E-state index in [1.54, 1.807) is 0 Å². The van der Waals surface area contributed by atoms with Crippen LogP contribution in [0.15, 0.2) is 185 Å². The molecule has 13 rings (SSSR count). The van der Waals surface area contributed by atoms with E-state index in [0.29, 0.717) is 0 Å². The quantitative estimate of drug-likeness (QED) is 0.180. The molecular formula is C54H34N2O2. The van der Waals surface area contributed by atoms with Gasteiger partial charge in [0.15, 0.2) is 0 Å². The van der Waals surface area contributed by atoms with E-state index in [-0.39, 0.29) is 0 Å². The zero-order chi connectivity index (χ0) is 37.9. The predicted molar refractivity (Wildman–Crippen MR) is 240 cm³/mol. The number of fused-ring (bicyclic) bond motifs is 12. The third kappa shape index (κ3) is 4.57. The second-order valence-electron chi connectivity index (χ2n) is 15.6. The average molecular weight is 743 g/mol. The Hall–Kier alpha value is -7.56. The second kappa shape index (κ2) is 12.0. The monoisotopic (exact) mass is 742 g/mol. The van der Waals surface area contributed by atoms with Crippen molar-refractivity contribution in [3.8, 4) is 22.5 Å². The molecule has 58 heavy (non-hydrogen) atoms. The van der Waals surface area contributed by atoms with Crippen LogP contribution in [0.4, 0.5) is 0 Å². The van der Waals surface area contributed by atoms with E-state index in [4.69, 9.17) is 8.83 Å². The van der Waals surface area contributed by atoms with Crippen LogP contribution in [-0.2, 0) is 6.42 Å². The highest BCUT2D eigenvalue weighted by Gasteiger charge is 2.23. The number of aromatic nitrogens is 2. The van der Waals surface area contributed by atoms with Crippen molar-refractivity contribution in [1.29, 1.82) is 0 Å². The van der Waals surface area contributed by atoms with E-state index in [0.717, 1.165) is 62.4 Å². The lowest BCUT2D eigenvalue weighted by Gasteiger charge is -2.18. The van der Waals surface area contributed by atoms with Gasteiger partial charge >= 0.3 is 0 Å². The normalized spacial score (nSPS) is 13.1. The second-order valence-corrected chi connectivity index (χ2v) is 15.6. The van der Waals surface area contributed by atoms with Crippen molar-refractivity contribution in [2.45, 2.75) is 12.8 Å². The summed E-state index contributed by atoms with van der Waals surface area (Å²) >= 11 is 0. The summed E-state index contributed by atoms with van der Waals surface area (Å²) in [5.41, 5.74) is 17.3. The summed E-state index contributed by atoms with van der Waals surface area (Å²) in [4.78, 5) is 0. The van der Waals surface area contributed by atoms with Gasteiger partial charge < -0.3 is 18.0 Å². The molecule has 1 aliphatic rings. The minimum absolute atomic E-state index is 0.907. The number of rotatable bonds is 4. The van der Waals surface area contributed by atoms with Gasteiger partial charge in [0.25, 0.3) is 0 Å². The first-order valence-corrected chi connectivity index (χ1v) is 20.0. The number of hydrogen-bond acceptors (Lipinski definition) is 2. The summed E-state index contributed by atoms with van der Waals surface area (Å²) in [6.45, 7) is 0. The van der Waals surface area contributed by atoms with Crippen LogP contribution in [0.25, 0.3) is 111 Å². The molecule has 0 spiro atoms. The molecule has 4 aromatic heterocycles. The van der Waals surface area contributed by atoms with Gasteiger partial charge in [-0.2, -0.15) is 0 Å². The van der Waals surface area contributed by atoms with Crippen molar-refractivity contribution < 1.29 is 8.83 Å². The summed E-state index contributed by atoms with van der Waals surface area (Å²) in [6, 6.07) is 63.4. The molecule has 0 atom stereocenters. The molecule has 272 valence electrons. The van der Waals surface area contributed by atoms with Crippen LogP contribution < -0.4 is 0 Å². The molecule has 0 aliphatic heterocycles. The third-order valence-electron chi connectivity index (χ3n) is 12.4. The molecule has 12 aromatic rings. The van der Waals surface area contributed by atoms with E-state index in [2.05, 4.69) is 167 Å². The maximum atomic E-state index is 6.19. The lowest BCUT2D eigenvalue weighted by Crippen LogP contribution is -2.05. The van der Waals surface area contributed by atoms with Crippen molar-refractivity contribution in [3.05, 3.63) is 193 Å². The Morgan fingerprint density at radius 3 is 1.62 bits per heavy atom. The Labute approximate surface area is 333 Å². The average Bonchev–Trinajstić information content (AvgIpc) is 4.03. The minimum Gasteiger partial charge on any atom is -0.456 e. The van der Waals surface area contributed by atoms with Gasteiger partial charge in [-0.3, -0.25) is 0 Å². The maximum Gasteiger partial charge on any atom is 0.135 e. The van der Waals surface area contributed by atoms with Gasteiger partial charge in [0.1, 0.15) is 22.3 Å². The van der Waals surface area contributed by atoms with Crippen molar-refractivity contribution >= 4 is 88.2 Å². The molecular weight excluding hydrogens is 709 g/mol.